The van der Waals surface area contributed by atoms with Crippen LogP contribution in [0, 0.1) is 6.92 Å². The monoisotopic (exact) mass is 352 g/mol. The zero-order chi connectivity index (χ0) is 18.0. The maximum atomic E-state index is 12.0. The van der Waals surface area contributed by atoms with Crippen molar-refractivity contribution in [3.8, 4) is 0 Å². The van der Waals surface area contributed by atoms with Gasteiger partial charge in [0.15, 0.2) is 5.78 Å². The molecule has 2 N–H and O–H groups in total. The Morgan fingerprint density at radius 1 is 0.960 bits per heavy atom. The maximum absolute atomic E-state index is 12.0. The highest BCUT2D eigenvalue weighted by atomic mass is 32.2. The Morgan fingerprint density at radius 3 is 2.08 bits per heavy atom. The highest BCUT2D eigenvalue weighted by Gasteiger charge is 2.28. The summed E-state index contributed by atoms with van der Waals surface area (Å²) in [6.45, 7) is 5.34. The van der Waals surface area contributed by atoms with Crippen LogP contribution in [-0.2, 0) is 4.79 Å². The molecule has 0 fully saturated rings. The minimum absolute atomic E-state index is 0.0480. The first-order valence-corrected chi connectivity index (χ1v) is 8.89. The van der Waals surface area contributed by atoms with E-state index in [2.05, 4.69) is 41.8 Å². The van der Waals surface area contributed by atoms with E-state index >= 15 is 0 Å². The number of amides is 2. The number of benzene rings is 2. The minimum atomic E-state index is -0.412. The Balaban J connectivity index is 1.83. The van der Waals surface area contributed by atoms with Crippen molar-refractivity contribution >= 4 is 23.6 Å². The zero-order valence-electron chi connectivity index (χ0n) is 14.4. The van der Waals surface area contributed by atoms with E-state index in [1.165, 1.54) is 17.4 Å². The van der Waals surface area contributed by atoms with E-state index < -0.39 is 6.04 Å². The highest BCUT2D eigenvalue weighted by molar-refractivity contribution is 7.99. The summed E-state index contributed by atoms with van der Waals surface area (Å²) in [6, 6.07) is 15.6. The largest absolute Gasteiger partial charge is 0.327 e. The molecule has 0 aromatic heterocycles. The van der Waals surface area contributed by atoms with E-state index in [1.807, 2.05) is 24.3 Å². The van der Waals surface area contributed by atoms with Crippen molar-refractivity contribution in [3.63, 3.8) is 0 Å². The molecule has 2 amide bonds. The number of carbonyl (C=O) groups is 2. The summed E-state index contributed by atoms with van der Waals surface area (Å²) in [7, 11) is 0. The minimum Gasteiger partial charge on any atom is -0.327 e. The molecule has 2 aromatic carbocycles. The van der Waals surface area contributed by atoms with Gasteiger partial charge in [0.25, 0.3) is 0 Å². The van der Waals surface area contributed by atoms with Gasteiger partial charge < -0.3 is 10.6 Å². The van der Waals surface area contributed by atoms with Gasteiger partial charge in [0.05, 0.1) is 6.04 Å². The van der Waals surface area contributed by atoms with Crippen molar-refractivity contribution in [2.45, 2.75) is 36.6 Å². The molecule has 1 heterocycles. The van der Waals surface area contributed by atoms with Gasteiger partial charge in [-0.15, -0.1) is 0 Å². The Labute approximate surface area is 151 Å². The molecular weight excluding hydrogens is 332 g/mol. The first-order chi connectivity index (χ1) is 11.9. The third-order valence-corrected chi connectivity index (χ3v) is 5.13. The Morgan fingerprint density at radius 2 is 1.52 bits per heavy atom. The van der Waals surface area contributed by atoms with E-state index in [0.717, 1.165) is 10.5 Å². The highest BCUT2D eigenvalue weighted by Crippen LogP contribution is 2.31. The van der Waals surface area contributed by atoms with Gasteiger partial charge in [-0.05, 0) is 50.6 Å². The normalized spacial score (nSPS) is 17.1. The molecule has 0 bridgehead atoms. The van der Waals surface area contributed by atoms with Gasteiger partial charge >= 0.3 is 6.03 Å². The summed E-state index contributed by atoms with van der Waals surface area (Å²) in [6.07, 6.45) is 0. The van der Waals surface area contributed by atoms with Crippen LogP contribution in [0.1, 0.15) is 31.0 Å². The fourth-order valence-electron chi connectivity index (χ4n) is 2.88. The predicted molar refractivity (Wildman–Crippen MR) is 99.5 cm³/mol. The number of urea groups is 1. The van der Waals surface area contributed by atoms with Crippen LogP contribution in [0.25, 0.3) is 0 Å². The van der Waals surface area contributed by atoms with Crippen LogP contribution in [-0.4, -0.2) is 11.8 Å². The van der Waals surface area contributed by atoms with E-state index in [4.69, 9.17) is 0 Å². The molecule has 0 spiro atoms. The van der Waals surface area contributed by atoms with Gasteiger partial charge in [-0.3, -0.25) is 4.79 Å². The van der Waals surface area contributed by atoms with Crippen molar-refractivity contribution in [2.75, 3.05) is 0 Å². The number of allylic oxidation sites excluding steroid dienone is 1. The molecule has 0 aliphatic carbocycles. The number of hydrogen-bond acceptors (Lipinski definition) is 3. The van der Waals surface area contributed by atoms with E-state index in [9.17, 15) is 9.59 Å². The number of hydrogen-bond donors (Lipinski definition) is 2. The molecule has 1 aliphatic heterocycles. The second-order valence-electron chi connectivity index (χ2n) is 6.11. The Bertz CT molecular complexity index is 839. The number of aryl methyl sites for hydroxylation is 1. The lowest BCUT2D eigenvalue weighted by Gasteiger charge is -2.28. The standard InChI is InChI=1S/C20H20N2O2S/c1-12-4-8-16(9-5-12)25-17-10-6-15(7-11-17)19-18(14(3)23)13(2)21-20(24)22-19/h4-11,19H,1-3H3,(H2,21,22,24). The van der Waals surface area contributed by atoms with E-state index in [0.29, 0.717) is 11.3 Å². The van der Waals surface area contributed by atoms with E-state index in [1.54, 1.807) is 18.7 Å². The first kappa shape index (κ1) is 17.3. The molecule has 1 aliphatic rings. The van der Waals surface area contributed by atoms with Crippen LogP contribution in [0.3, 0.4) is 0 Å². The first-order valence-electron chi connectivity index (χ1n) is 8.08. The third-order valence-electron chi connectivity index (χ3n) is 4.12. The lowest BCUT2D eigenvalue weighted by molar-refractivity contribution is -0.114. The fourth-order valence-corrected chi connectivity index (χ4v) is 3.70. The Hall–Kier alpha value is -2.53. The number of ketones is 1. The van der Waals surface area contributed by atoms with Crippen molar-refractivity contribution in [1.29, 1.82) is 0 Å². The Kier molecular flexibility index (Phi) is 4.95. The summed E-state index contributed by atoms with van der Waals surface area (Å²) in [4.78, 5) is 26.1. The topological polar surface area (TPSA) is 58.2 Å². The second-order valence-corrected chi connectivity index (χ2v) is 7.26. The lowest BCUT2D eigenvalue weighted by Crippen LogP contribution is -2.44. The summed E-state index contributed by atoms with van der Waals surface area (Å²) in [5, 5.41) is 5.50. The lowest BCUT2D eigenvalue weighted by atomic mass is 9.93. The molecule has 2 aromatic rings. The van der Waals surface area contributed by atoms with Crippen molar-refractivity contribution in [3.05, 3.63) is 70.9 Å². The quantitative estimate of drug-likeness (QED) is 0.859. The van der Waals surface area contributed by atoms with Gasteiger partial charge in [-0.25, -0.2) is 4.79 Å². The number of nitrogens with one attached hydrogen (secondary N) is 2. The molecule has 0 radical (unpaired) electrons. The number of carbonyl (C=O) groups excluding carboxylic acids is 2. The van der Waals surface area contributed by atoms with Crippen LogP contribution in [0.4, 0.5) is 4.79 Å². The van der Waals surface area contributed by atoms with Crippen molar-refractivity contribution in [2.24, 2.45) is 0 Å². The molecule has 25 heavy (non-hydrogen) atoms. The molecule has 3 rings (SSSR count). The molecule has 128 valence electrons. The summed E-state index contributed by atoms with van der Waals surface area (Å²) in [5.74, 6) is -0.0480. The second kappa shape index (κ2) is 7.15. The van der Waals surface area contributed by atoms with Gasteiger partial charge in [0.2, 0.25) is 0 Å². The van der Waals surface area contributed by atoms with Crippen molar-refractivity contribution < 1.29 is 9.59 Å². The van der Waals surface area contributed by atoms with Gasteiger partial charge in [-0.1, -0.05) is 41.6 Å². The van der Waals surface area contributed by atoms with Gasteiger partial charge in [0, 0.05) is 21.1 Å². The van der Waals surface area contributed by atoms with Crippen LogP contribution < -0.4 is 10.6 Å². The van der Waals surface area contributed by atoms with Crippen LogP contribution in [0.15, 0.2) is 69.6 Å². The van der Waals surface area contributed by atoms with Gasteiger partial charge in [-0.2, -0.15) is 0 Å². The molecule has 1 atom stereocenters. The number of Topliss-reactive ketones (excluding diaryl/α,β-unsaturated/α-hetero) is 1. The summed E-state index contributed by atoms with van der Waals surface area (Å²) >= 11 is 1.68. The predicted octanol–water partition coefficient (Wildman–Crippen LogP) is 4.36. The molecule has 5 heteroatoms. The smallest absolute Gasteiger partial charge is 0.319 e. The average molecular weight is 352 g/mol. The van der Waals surface area contributed by atoms with Crippen molar-refractivity contribution in [1.82, 2.24) is 10.6 Å². The SMILES string of the molecule is CC(=O)C1=C(C)NC(=O)NC1c1ccc(Sc2ccc(C)cc2)cc1. The van der Waals surface area contributed by atoms with Crippen LogP contribution in [0.5, 0.6) is 0 Å². The number of rotatable bonds is 4. The maximum Gasteiger partial charge on any atom is 0.319 e. The van der Waals surface area contributed by atoms with Crippen LogP contribution in [0.2, 0.25) is 0 Å². The van der Waals surface area contributed by atoms with Gasteiger partial charge in [0.1, 0.15) is 0 Å². The fraction of sp³-hybridized carbons (Fsp3) is 0.200. The molecule has 0 saturated carbocycles. The summed E-state index contributed by atoms with van der Waals surface area (Å²) in [5.41, 5.74) is 3.34. The molecule has 0 saturated heterocycles. The molecular formula is C20H20N2O2S. The zero-order valence-corrected chi connectivity index (χ0v) is 15.2. The summed E-state index contributed by atoms with van der Waals surface area (Å²) < 4.78 is 0. The third kappa shape index (κ3) is 3.94. The average Bonchev–Trinajstić information content (AvgIpc) is 2.56. The molecule has 4 nitrogen and oxygen atoms in total. The molecule has 1 unspecified atom stereocenters. The van der Waals surface area contributed by atoms with E-state index in [-0.39, 0.29) is 11.8 Å². The van der Waals surface area contributed by atoms with Crippen LogP contribution >= 0.6 is 11.8 Å².